The second-order valence-electron chi connectivity index (χ2n) is 6.62. The molecule has 0 spiro atoms. The Hall–Kier alpha value is -1.69. The lowest BCUT2D eigenvalue weighted by Crippen LogP contribution is -2.60. The van der Waals surface area contributed by atoms with E-state index in [2.05, 4.69) is 30.7 Å². The third kappa shape index (κ3) is 3.38. The van der Waals surface area contributed by atoms with Gasteiger partial charge >= 0.3 is 5.69 Å². The van der Waals surface area contributed by atoms with Gasteiger partial charge in [0.05, 0.1) is 0 Å². The number of nitrogens with zero attached hydrogens (tertiary/aromatic N) is 4. The van der Waals surface area contributed by atoms with Crippen LogP contribution < -0.4 is 5.69 Å². The zero-order chi connectivity index (χ0) is 16.5. The molecule has 1 amide bonds. The molecule has 1 aliphatic rings. The van der Waals surface area contributed by atoms with Crippen LogP contribution in [0.1, 0.15) is 32.2 Å². The summed E-state index contributed by atoms with van der Waals surface area (Å²) >= 11 is 0. The number of carbonyl (C=O) groups is 1. The zero-order valence-electron chi connectivity index (χ0n) is 14.2. The van der Waals surface area contributed by atoms with Gasteiger partial charge in [0, 0.05) is 36.6 Å². The van der Waals surface area contributed by atoms with E-state index in [1.54, 1.807) is 6.92 Å². The largest absolute Gasteiger partial charge is 0.348 e. The molecule has 0 atom stereocenters. The van der Waals surface area contributed by atoms with E-state index in [0.29, 0.717) is 18.8 Å². The van der Waals surface area contributed by atoms with Crippen LogP contribution in [0.15, 0.2) is 10.9 Å². The first-order chi connectivity index (χ1) is 10.2. The maximum atomic E-state index is 12.6. The number of piperazine rings is 1. The second kappa shape index (κ2) is 6.20. The summed E-state index contributed by atoms with van der Waals surface area (Å²) in [4.78, 5) is 32.7. The molecule has 122 valence electrons. The number of hydrogen-bond donors (Lipinski definition) is 0. The van der Waals surface area contributed by atoms with Gasteiger partial charge in [0.2, 0.25) is 5.91 Å². The van der Waals surface area contributed by atoms with Gasteiger partial charge in [-0.25, -0.2) is 4.79 Å². The van der Waals surface area contributed by atoms with Crippen LogP contribution in [0.5, 0.6) is 0 Å². The molecule has 22 heavy (non-hydrogen) atoms. The lowest BCUT2D eigenvalue weighted by Gasteiger charge is -2.46. The Morgan fingerprint density at radius 1 is 1.32 bits per heavy atom. The molecule has 1 aromatic heterocycles. The van der Waals surface area contributed by atoms with E-state index in [-0.39, 0.29) is 23.7 Å². The van der Waals surface area contributed by atoms with E-state index in [9.17, 15) is 9.59 Å². The van der Waals surface area contributed by atoms with E-state index < -0.39 is 0 Å². The Balaban J connectivity index is 2.13. The smallest absolute Gasteiger partial charge is 0.338 e. The average molecular weight is 306 g/mol. The van der Waals surface area contributed by atoms with Crippen molar-refractivity contribution >= 4 is 5.91 Å². The fraction of sp³-hybridized carbons (Fsp3) is 0.688. The number of aromatic nitrogens is 2. The summed E-state index contributed by atoms with van der Waals surface area (Å²) in [5.41, 5.74) is 1.08. The topological polar surface area (TPSA) is 58.4 Å². The van der Waals surface area contributed by atoms with Gasteiger partial charge in [-0.2, -0.15) is 4.98 Å². The van der Waals surface area contributed by atoms with Crippen LogP contribution in [0.4, 0.5) is 0 Å². The van der Waals surface area contributed by atoms with Crippen molar-refractivity contribution in [3.63, 3.8) is 0 Å². The van der Waals surface area contributed by atoms with E-state index in [4.69, 9.17) is 0 Å². The Morgan fingerprint density at radius 3 is 2.55 bits per heavy atom. The van der Waals surface area contributed by atoms with Crippen molar-refractivity contribution in [3.05, 3.63) is 27.9 Å². The van der Waals surface area contributed by atoms with Crippen LogP contribution in [-0.4, -0.2) is 57.0 Å². The van der Waals surface area contributed by atoms with Gasteiger partial charge in [-0.1, -0.05) is 6.92 Å². The van der Waals surface area contributed by atoms with Crippen molar-refractivity contribution < 1.29 is 4.79 Å². The predicted octanol–water partition coefficient (Wildman–Crippen LogP) is 0.803. The molecule has 0 N–H and O–H groups in total. The number of rotatable bonds is 3. The van der Waals surface area contributed by atoms with Crippen molar-refractivity contribution in [1.29, 1.82) is 0 Å². The highest BCUT2D eigenvalue weighted by molar-refractivity contribution is 5.76. The van der Waals surface area contributed by atoms with Crippen molar-refractivity contribution in [1.82, 2.24) is 19.4 Å². The summed E-state index contributed by atoms with van der Waals surface area (Å²) in [6.07, 6.45) is 0. The molecule has 0 saturated carbocycles. The van der Waals surface area contributed by atoms with Crippen LogP contribution in [0, 0.1) is 13.8 Å². The Bertz CT molecular complexity index is 621. The maximum absolute atomic E-state index is 12.6. The summed E-state index contributed by atoms with van der Waals surface area (Å²) in [6.45, 7) is 13.4. The molecule has 0 aliphatic carbocycles. The Kier molecular flexibility index (Phi) is 4.70. The molecule has 1 saturated heterocycles. The first-order valence-electron chi connectivity index (χ1n) is 7.82. The third-order valence-electron chi connectivity index (χ3n) is 4.45. The van der Waals surface area contributed by atoms with Crippen molar-refractivity contribution in [2.24, 2.45) is 0 Å². The van der Waals surface area contributed by atoms with Crippen LogP contribution >= 0.6 is 0 Å². The standard InChI is InChI=1S/C16H26N4O2/c1-6-19-8-7-18(11-16(19,4)5)14(21)10-20-13(3)9-12(2)17-15(20)22/h9H,6-8,10-11H2,1-5H3. The fourth-order valence-corrected chi connectivity index (χ4v) is 3.19. The number of carbonyl (C=O) groups excluding carboxylic acids is 1. The number of likely N-dealkylation sites (N-methyl/N-ethyl adjacent to an activating group) is 1. The van der Waals surface area contributed by atoms with Crippen molar-refractivity contribution in [2.75, 3.05) is 26.2 Å². The molecule has 1 aromatic rings. The monoisotopic (exact) mass is 306 g/mol. The first kappa shape index (κ1) is 16.7. The molecule has 6 nitrogen and oxygen atoms in total. The highest BCUT2D eigenvalue weighted by atomic mass is 16.2. The molecule has 6 heteroatoms. The molecular formula is C16H26N4O2. The van der Waals surface area contributed by atoms with Crippen LogP contribution in [-0.2, 0) is 11.3 Å². The highest BCUT2D eigenvalue weighted by Crippen LogP contribution is 2.20. The minimum absolute atomic E-state index is 0.0142. The third-order valence-corrected chi connectivity index (χ3v) is 4.45. The molecule has 2 heterocycles. The summed E-state index contributed by atoms with van der Waals surface area (Å²) in [7, 11) is 0. The number of amides is 1. The summed E-state index contributed by atoms with van der Waals surface area (Å²) in [6, 6.07) is 1.83. The van der Waals surface area contributed by atoms with Crippen LogP contribution in [0.2, 0.25) is 0 Å². The van der Waals surface area contributed by atoms with Crippen molar-refractivity contribution in [3.8, 4) is 0 Å². The summed E-state index contributed by atoms with van der Waals surface area (Å²) in [5.74, 6) is -0.0142. The number of aryl methyl sites for hydroxylation is 2. The first-order valence-corrected chi connectivity index (χ1v) is 7.82. The Labute approximate surface area is 131 Å². The molecule has 1 aliphatic heterocycles. The van der Waals surface area contributed by atoms with E-state index in [1.807, 2.05) is 17.9 Å². The molecule has 0 radical (unpaired) electrons. The molecule has 0 unspecified atom stereocenters. The van der Waals surface area contributed by atoms with Crippen LogP contribution in [0.25, 0.3) is 0 Å². The SMILES string of the molecule is CCN1CCN(C(=O)Cn2c(C)cc(C)nc2=O)CC1(C)C. The molecule has 1 fully saturated rings. The quantitative estimate of drug-likeness (QED) is 0.829. The normalized spacial score (nSPS) is 18.5. The van der Waals surface area contributed by atoms with E-state index in [1.165, 1.54) is 4.57 Å². The van der Waals surface area contributed by atoms with Gasteiger partial charge in [-0.3, -0.25) is 14.3 Å². The molecule has 0 aromatic carbocycles. The van der Waals surface area contributed by atoms with Gasteiger partial charge in [-0.15, -0.1) is 0 Å². The fourth-order valence-electron chi connectivity index (χ4n) is 3.19. The van der Waals surface area contributed by atoms with Gasteiger partial charge in [0.25, 0.3) is 0 Å². The summed E-state index contributed by atoms with van der Waals surface area (Å²) in [5, 5.41) is 0. The number of hydrogen-bond acceptors (Lipinski definition) is 4. The lowest BCUT2D eigenvalue weighted by atomic mass is 9.99. The molecule has 0 bridgehead atoms. The van der Waals surface area contributed by atoms with Crippen molar-refractivity contribution in [2.45, 2.75) is 46.7 Å². The summed E-state index contributed by atoms with van der Waals surface area (Å²) < 4.78 is 1.45. The minimum atomic E-state index is -0.350. The minimum Gasteiger partial charge on any atom is -0.338 e. The average Bonchev–Trinajstić information content (AvgIpc) is 2.41. The molecular weight excluding hydrogens is 280 g/mol. The van der Waals surface area contributed by atoms with Gasteiger partial charge < -0.3 is 4.90 Å². The molecule has 2 rings (SSSR count). The second-order valence-corrected chi connectivity index (χ2v) is 6.62. The maximum Gasteiger partial charge on any atom is 0.348 e. The van der Waals surface area contributed by atoms with Crippen LogP contribution in [0.3, 0.4) is 0 Å². The highest BCUT2D eigenvalue weighted by Gasteiger charge is 2.34. The van der Waals surface area contributed by atoms with Gasteiger partial charge in [-0.05, 0) is 40.3 Å². The lowest BCUT2D eigenvalue weighted by molar-refractivity contribution is -0.136. The van der Waals surface area contributed by atoms with E-state index in [0.717, 1.165) is 18.8 Å². The Morgan fingerprint density at radius 2 is 2.00 bits per heavy atom. The van der Waals surface area contributed by atoms with Gasteiger partial charge in [0.1, 0.15) is 6.54 Å². The zero-order valence-corrected chi connectivity index (χ0v) is 14.2. The predicted molar refractivity (Wildman–Crippen MR) is 85.9 cm³/mol. The van der Waals surface area contributed by atoms with Gasteiger partial charge in [0.15, 0.2) is 0 Å². The van der Waals surface area contributed by atoms with E-state index >= 15 is 0 Å².